The molecule has 0 spiro atoms. The van der Waals surface area contributed by atoms with Crippen LogP contribution in [0.2, 0.25) is 4.34 Å². The van der Waals surface area contributed by atoms with Crippen LogP contribution in [-0.2, 0) is 11.2 Å². The van der Waals surface area contributed by atoms with Crippen LogP contribution in [0.3, 0.4) is 0 Å². The first-order valence-corrected chi connectivity index (χ1v) is 7.98. The first-order valence-electron chi connectivity index (χ1n) is 6.79. The summed E-state index contributed by atoms with van der Waals surface area (Å²) in [5.41, 5.74) is 0.257. The SMILES string of the molecule is CC1(CNC(=O)CCc2ccc(Cl)s2)CCNCC1.Cl. The highest BCUT2D eigenvalue weighted by Gasteiger charge is 2.26. The van der Waals surface area contributed by atoms with Gasteiger partial charge in [0.05, 0.1) is 4.34 Å². The minimum Gasteiger partial charge on any atom is -0.356 e. The van der Waals surface area contributed by atoms with Crippen molar-refractivity contribution in [1.82, 2.24) is 10.6 Å². The Morgan fingerprint density at radius 3 is 2.75 bits per heavy atom. The van der Waals surface area contributed by atoms with Crippen LogP contribution in [-0.4, -0.2) is 25.5 Å². The number of rotatable bonds is 5. The first kappa shape index (κ1) is 17.8. The van der Waals surface area contributed by atoms with Crippen molar-refractivity contribution in [3.8, 4) is 0 Å². The van der Waals surface area contributed by atoms with Crippen LogP contribution in [0.1, 0.15) is 31.1 Å². The second-order valence-electron chi connectivity index (χ2n) is 5.54. The Bertz CT molecular complexity index is 431. The normalized spacial score (nSPS) is 17.3. The van der Waals surface area contributed by atoms with Crippen molar-refractivity contribution in [1.29, 1.82) is 0 Å². The molecule has 1 aromatic heterocycles. The lowest BCUT2D eigenvalue weighted by atomic mass is 9.81. The number of amides is 1. The van der Waals surface area contributed by atoms with Crippen LogP contribution in [0.25, 0.3) is 0 Å². The van der Waals surface area contributed by atoms with E-state index in [1.54, 1.807) is 11.3 Å². The second kappa shape index (κ2) is 8.23. The molecule has 1 aliphatic heterocycles. The van der Waals surface area contributed by atoms with E-state index >= 15 is 0 Å². The molecule has 2 rings (SSSR count). The van der Waals surface area contributed by atoms with Crippen LogP contribution < -0.4 is 10.6 Å². The molecule has 0 saturated carbocycles. The summed E-state index contributed by atoms with van der Waals surface area (Å²) in [4.78, 5) is 13.0. The minimum absolute atomic E-state index is 0. The van der Waals surface area contributed by atoms with Gasteiger partial charge in [0.15, 0.2) is 0 Å². The van der Waals surface area contributed by atoms with Crippen LogP contribution in [0.4, 0.5) is 0 Å². The average molecular weight is 337 g/mol. The maximum Gasteiger partial charge on any atom is 0.220 e. The van der Waals surface area contributed by atoms with Gasteiger partial charge in [-0.1, -0.05) is 18.5 Å². The molecule has 0 aliphatic carbocycles. The Morgan fingerprint density at radius 2 is 2.15 bits per heavy atom. The highest BCUT2D eigenvalue weighted by Crippen LogP contribution is 2.26. The Balaban J connectivity index is 0.00000200. The summed E-state index contributed by atoms with van der Waals surface area (Å²) in [5.74, 6) is 0.143. The third kappa shape index (κ3) is 5.60. The summed E-state index contributed by atoms with van der Waals surface area (Å²) in [6.45, 7) is 5.16. The van der Waals surface area contributed by atoms with E-state index in [0.717, 1.165) is 43.2 Å². The third-order valence-electron chi connectivity index (χ3n) is 3.75. The fourth-order valence-corrected chi connectivity index (χ4v) is 3.42. The first-order chi connectivity index (χ1) is 9.07. The molecule has 1 saturated heterocycles. The number of nitrogens with one attached hydrogen (secondary N) is 2. The van der Waals surface area contributed by atoms with Gasteiger partial charge in [-0.2, -0.15) is 0 Å². The summed E-state index contributed by atoms with van der Waals surface area (Å²) < 4.78 is 0.789. The van der Waals surface area contributed by atoms with Gasteiger partial charge >= 0.3 is 0 Å². The molecule has 114 valence electrons. The maximum atomic E-state index is 11.9. The lowest BCUT2D eigenvalue weighted by Gasteiger charge is -2.34. The van der Waals surface area contributed by atoms with Gasteiger partial charge in [0.2, 0.25) is 5.91 Å². The van der Waals surface area contributed by atoms with Crippen molar-refractivity contribution in [2.45, 2.75) is 32.6 Å². The van der Waals surface area contributed by atoms with Gasteiger partial charge in [0.1, 0.15) is 0 Å². The molecule has 1 aromatic rings. The average Bonchev–Trinajstić information content (AvgIpc) is 2.81. The molecule has 0 radical (unpaired) electrons. The smallest absolute Gasteiger partial charge is 0.220 e. The highest BCUT2D eigenvalue weighted by molar-refractivity contribution is 7.16. The van der Waals surface area contributed by atoms with E-state index in [-0.39, 0.29) is 23.7 Å². The minimum atomic E-state index is 0. The van der Waals surface area contributed by atoms with Crippen molar-refractivity contribution < 1.29 is 4.79 Å². The number of aryl methyl sites for hydroxylation is 1. The van der Waals surface area contributed by atoms with Gasteiger partial charge in [-0.25, -0.2) is 0 Å². The molecular formula is C14H22Cl2N2OS. The third-order valence-corrected chi connectivity index (χ3v) is 5.04. The zero-order chi connectivity index (χ0) is 13.7. The van der Waals surface area contributed by atoms with Gasteiger partial charge in [-0.05, 0) is 49.9 Å². The lowest BCUT2D eigenvalue weighted by molar-refractivity contribution is -0.121. The van der Waals surface area contributed by atoms with Crippen molar-refractivity contribution in [3.63, 3.8) is 0 Å². The molecule has 2 heterocycles. The van der Waals surface area contributed by atoms with E-state index in [9.17, 15) is 4.79 Å². The molecule has 1 aliphatic rings. The molecular weight excluding hydrogens is 315 g/mol. The van der Waals surface area contributed by atoms with Crippen LogP contribution >= 0.6 is 35.3 Å². The Hall–Kier alpha value is -0.290. The molecule has 20 heavy (non-hydrogen) atoms. The molecule has 3 nitrogen and oxygen atoms in total. The van der Waals surface area contributed by atoms with Gasteiger partial charge in [-0.3, -0.25) is 4.79 Å². The van der Waals surface area contributed by atoms with Crippen LogP contribution in [0.15, 0.2) is 12.1 Å². The van der Waals surface area contributed by atoms with E-state index in [2.05, 4.69) is 17.6 Å². The zero-order valence-corrected chi connectivity index (χ0v) is 14.1. The number of carbonyl (C=O) groups is 1. The number of carbonyl (C=O) groups excluding carboxylic acids is 1. The number of piperidine rings is 1. The molecule has 0 aromatic carbocycles. The summed E-state index contributed by atoms with van der Waals surface area (Å²) in [6.07, 6.45) is 3.59. The second-order valence-corrected chi connectivity index (χ2v) is 7.34. The van der Waals surface area contributed by atoms with Gasteiger partial charge in [0.25, 0.3) is 0 Å². The van der Waals surface area contributed by atoms with E-state index in [1.807, 2.05) is 12.1 Å². The van der Waals surface area contributed by atoms with Crippen molar-refractivity contribution in [3.05, 3.63) is 21.3 Å². The standard InChI is InChI=1S/C14H21ClN2OS.ClH/c1-14(6-8-16-9-7-14)10-17-13(18)5-3-11-2-4-12(15)19-11;/h2,4,16H,3,5-10H2,1H3,(H,17,18);1H. The molecule has 0 atom stereocenters. The molecule has 0 bridgehead atoms. The Morgan fingerprint density at radius 1 is 1.45 bits per heavy atom. The topological polar surface area (TPSA) is 41.1 Å². The quantitative estimate of drug-likeness (QED) is 0.866. The summed E-state index contributed by atoms with van der Waals surface area (Å²) in [5, 5.41) is 6.43. The molecule has 2 N–H and O–H groups in total. The van der Waals surface area contributed by atoms with Crippen molar-refractivity contribution >= 4 is 41.3 Å². The number of thiophene rings is 1. The Kier molecular flexibility index (Phi) is 7.30. The van der Waals surface area contributed by atoms with E-state index in [4.69, 9.17) is 11.6 Å². The Labute approximate surface area is 135 Å². The summed E-state index contributed by atoms with van der Waals surface area (Å²) >= 11 is 7.42. The largest absolute Gasteiger partial charge is 0.356 e. The summed E-state index contributed by atoms with van der Waals surface area (Å²) in [7, 11) is 0. The zero-order valence-electron chi connectivity index (χ0n) is 11.7. The summed E-state index contributed by atoms with van der Waals surface area (Å²) in [6, 6.07) is 3.88. The fraction of sp³-hybridized carbons (Fsp3) is 0.643. The molecule has 6 heteroatoms. The predicted molar refractivity (Wildman–Crippen MR) is 88.1 cm³/mol. The van der Waals surface area contributed by atoms with Gasteiger partial charge in [-0.15, -0.1) is 23.7 Å². The molecule has 1 fully saturated rings. The van der Waals surface area contributed by atoms with E-state index in [0.29, 0.717) is 6.42 Å². The lowest BCUT2D eigenvalue weighted by Crippen LogP contribution is -2.42. The van der Waals surface area contributed by atoms with Crippen LogP contribution in [0, 0.1) is 5.41 Å². The molecule has 1 amide bonds. The van der Waals surface area contributed by atoms with E-state index in [1.165, 1.54) is 4.88 Å². The van der Waals surface area contributed by atoms with Crippen molar-refractivity contribution in [2.75, 3.05) is 19.6 Å². The number of hydrogen-bond acceptors (Lipinski definition) is 3. The fourth-order valence-electron chi connectivity index (χ4n) is 2.33. The molecule has 0 unspecified atom stereocenters. The van der Waals surface area contributed by atoms with Gasteiger partial charge < -0.3 is 10.6 Å². The monoisotopic (exact) mass is 336 g/mol. The number of hydrogen-bond donors (Lipinski definition) is 2. The maximum absolute atomic E-state index is 11.9. The van der Waals surface area contributed by atoms with Crippen LogP contribution in [0.5, 0.6) is 0 Å². The van der Waals surface area contributed by atoms with Gasteiger partial charge in [0, 0.05) is 17.8 Å². The number of halogens is 2. The van der Waals surface area contributed by atoms with E-state index < -0.39 is 0 Å². The van der Waals surface area contributed by atoms with Crippen molar-refractivity contribution in [2.24, 2.45) is 5.41 Å². The predicted octanol–water partition coefficient (Wildman–Crippen LogP) is 3.26. The highest BCUT2D eigenvalue weighted by atomic mass is 35.5.